The Bertz CT molecular complexity index is 1110. The Kier molecular flexibility index (Phi) is 11.2. The van der Waals surface area contributed by atoms with Crippen molar-refractivity contribution in [1.82, 2.24) is 0 Å². The van der Waals surface area contributed by atoms with Crippen molar-refractivity contribution >= 4 is 50.6 Å². The van der Waals surface area contributed by atoms with Gasteiger partial charge < -0.3 is 19.3 Å². The second kappa shape index (κ2) is 13.2. The van der Waals surface area contributed by atoms with Crippen molar-refractivity contribution < 1.29 is 32.5 Å². The number of alkyl halides is 1. The molecule has 1 N–H and O–H groups in total. The van der Waals surface area contributed by atoms with Crippen molar-refractivity contribution in [3.05, 3.63) is 57.6 Å². The summed E-state index contributed by atoms with van der Waals surface area (Å²) in [6, 6.07) is 10.8. The maximum atomic E-state index is 12.0. The summed E-state index contributed by atoms with van der Waals surface area (Å²) in [5.41, 5.74) is 1.30. The molecule has 0 amide bonds. The fraction of sp³-hybridized carbons (Fsp3) is 0.480. The number of rotatable bonds is 13. The Labute approximate surface area is 227 Å². The highest BCUT2D eigenvalue weighted by Gasteiger charge is 2.26. The Morgan fingerprint density at radius 3 is 2.11 bits per heavy atom. The van der Waals surface area contributed by atoms with Crippen LogP contribution in [0.15, 0.2) is 36.4 Å². The number of benzene rings is 2. The molecular formula is C25H31Cl3O7S. The van der Waals surface area contributed by atoms with Gasteiger partial charge >= 0.3 is 5.97 Å². The Hall–Kier alpha value is -1.71. The summed E-state index contributed by atoms with van der Waals surface area (Å²) < 4.78 is 40.3. The first-order valence-electron chi connectivity index (χ1n) is 11.3. The monoisotopic (exact) mass is 580 g/mol. The molecule has 0 aliphatic carbocycles. The van der Waals surface area contributed by atoms with Gasteiger partial charge in [-0.15, -0.1) is 11.6 Å². The molecule has 2 atom stereocenters. The van der Waals surface area contributed by atoms with Crippen molar-refractivity contribution in [2.45, 2.75) is 45.3 Å². The van der Waals surface area contributed by atoms with Gasteiger partial charge in [0.1, 0.15) is 31.2 Å². The minimum absolute atomic E-state index is 0.0301. The van der Waals surface area contributed by atoms with Crippen LogP contribution in [-0.2, 0) is 24.8 Å². The normalized spacial score (nSPS) is 13.7. The lowest BCUT2D eigenvalue weighted by atomic mass is 9.78. The first-order chi connectivity index (χ1) is 16.8. The highest BCUT2D eigenvalue weighted by atomic mass is 35.5. The largest absolute Gasteiger partial charge is 0.490 e. The second-order valence-electron chi connectivity index (χ2n) is 8.78. The van der Waals surface area contributed by atoms with Gasteiger partial charge in [-0.1, -0.05) is 56.1 Å². The minimum Gasteiger partial charge on any atom is -0.490 e. The third-order valence-corrected chi connectivity index (χ3v) is 8.22. The zero-order valence-corrected chi connectivity index (χ0v) is 23.7. The average Bonchev–Trinajstić information content (AvgIpc) is 2.81. The van der Waals surface area contributed by atoms with E-state index < -0.39 is 33.4 Å². The predicted octanol–water partition coefficient (Wildman–Crippen LogP) is 5.04. The number of aliphatic hydroxyl groups is 1. The molecule has 7 nitrogen and oxygen atoms in total. The van der Waals surface area contributed by atoms with E-state index in [0.717, 1.165) is 11.1 Å². The van der Waals surface area contributed by atoms with E-state index in [2.05, 4.69) is 0 Å². The zero-order valence-electron chi connectivity index (χ0n) is 20.6. The number of esters is 1. The summed E-state index contributed by atoms with van der Waals surface area (Å²) in [5, 5.41) is 10.2. The number of ether oxygens (including phenoxy) is 3. The molecule has 0 fully saturated rings. The Morgan fingerprint density at radius 1 is 1.03 bits per heavy atom. The van der Waals surface area contributed by atoms with E-state index >= 15 is 0 Å². The molecule has 0 aliphatic heterocycles. The SMILES string of the molecule is CCS(=O)(=O)C[C@H](COc1ccc(C(C)(C)c2cc(Cl)c(OC[C@H](O)CCl)c(Cl)c2)cc1)OC(C)=O. The lowest BCUT2D eigenvalue weighted by Gasteiger charge is -2.27. The molecule has 0 spiro atoms. The van der Waals surface area contributed by atoms with E-state index in [1.54, 1.807) is 24.3 Å². The van der Waals surface area contributed by atoms with Gasteiger partial charge in [0.2, 0.25) is 0 Å². The molecule has 11 heteroatoms. The van der Waals surface area contributed by atoms with Gasteiger partial charge in [-0.05, 0) is 35.4 Å². The van der Waals surface area contributed by atoms with Crippen molar-refractivity contribution in [2.75, 3.05) is 30.6 Å². The summed E-state index contributed by atoms with van der Waals surface area (Å²) in [4.78, 5) is 11.4. The zero-order chi connectivity index (χ0) is 27.1. The van der Waals surface area contributed by atoms with Crippen LogP contribution in [0.3, 0.4) is 0 Å². The van der Waals surface area contributed by atoms with Gasteiger partial charge in [-0.25, -0.2) is 8.42 Å². The molecule has 2 aromatic carbocycles. The van der Waals surface area contributed by atoms with E-state index in [1.807, 2.05) is 26.0 Å². The van der Waals surface area contributed by atoms with Crippen LogP contribution >= 0.6 is 34.8 Å². The Morgan fingerprint density at radius 2 is 1.61 bits per heavy atom. The van der Waals surface area contributed by atoms with E-state index in [9.17, 15) is 18.3 Å². The number of hydrogen-bond donors (Lipinski definition) is 1. The second-order valence-corrected chi connectivity index (χ2v) is 12.3. The quantitative estimate of drug-likeness (QED) is 0.261. The molecule has 0 saturated heterocycles. The van der Waals surface area contributed by atoms with Crippen molar-refractivity contribution in [2.24, 2.45) is 0 Å². The maximum absolute atomic E-state index is 12.0. The van der Waals surface area contributed by atoms with Gasteiger partial charge in [-0.3, -0.25) is 4.79 Å². The number of aliphatic hydroxyl groups excluding tert-OH is 1. The summed E-state index contributed by atoms with van der Waals surface area (Å²) in [6.45, 7) is 6.66. The van der Waals surface area contributed by atoms with Crippen LogP contribution < -0.4 is 9.47 Å². The minimum atomic E-state index is -3.35. The lowest BCUT2D eigenvalue weighted by molar-refractivity contribution is -0.146. The molecule has 200 valence electrons. The van der Waals surface area contributed by atoms with E-state index in [-0.39, 0.29) is 36.3 Å². The van der Waals surface area contributed by atoms with Crippen LogP contribution in [0.1, 0.15) is 38.8 Å². The van der Waals surface area contributed by atoms with Gasteiger partial charge in [0.25, 0.3) is 0 Å². The number of sulfone groups is 1. The third-order valence-electron chi connectivity index (χ3n) is 5.54. The molecule has 0 aromatic heterocycles. The fourth-order valence-electron chi connectivity index (χ4n) is 3.36. The van der Waals surface area contributed by atoms with Crippen molar-refractivity contribution in [1.29, 1.82) is 0 Å². The topological polar surface area (TPSA) is 99.1 Å². The van der Waals surface area contributed by atoms with Gasteiger partial charge in [-0.2, -0.15) is 0 Å². The Balaban J connectivity index is 2.16. The highest BCUT2D eigenvalue weighted by Crippen LogP contribution is 2.40. The number of halogens is 3. The van der Waals surface area contributed by atoms with Gasteiger partial charge in [0, 0.05) is 18.1 Å². The van der Waals surface area contributed by atoms with Gasteiger partial charge in [0.15, 0.2) is 15.6 Å². The molecule has 2 aromatic rings. The van der Waals surface area contributed by atoms with E-state index in [0.29, 0.717) is 15.8 Å². The van der Waals surface area contributed by atoms with Crippen molar-refractivity contribution in [3.8, 4) is 11.5 Å². The number of hydrogen-bond acceptors (Lipinski definition) is 7. The van der Waals surface area contributed by atoms with Crippen LogP contribution in [0.25, 0.3) is 0 Å². The summed E-state index contributed by atoms with van der Waals surface area (Å²) in [6.07, 6.45) is -1.74. The smallest absolute Gasteiger partial charge is 0.303 e. The standard InChI is InChI=1S/C25H31Cl3O7S/c1-5-36(31,32)15-21(35-16(2)29)14-33-20-8-6-17(7-9-20)25(3,4)18-10-22(27)24(23(28)11-18)34-13-19(30)12-26/h6-11,19,21,30H,5,12-15H2,1-4H3/t19-,21+/m1/s1. The molecule has 36 heavy (non-hydrogen) atoms. The first kappa shape index (κ1) is 30.5. The molecule has 0 heterocycles. The van der Waals surface area contributed by atoms with Crippen LogP contribution in [0.5, 0.6) is 11.5 Å². The molecule has 2 rings (SSSR count). The lowest BCUT2D eigenvalue weighted by Crippen LogP contribution is -2.32. The van der Waals surface area contributed by atoms with E-state index in [4.69, 9.17) is 49.0 Å². The summed E-state index contributed by atoms with van der Waals surface area (Å²) >= 11 is 18.4. The first-order valence-corrected chi connectivity index (χ1v) is 14.4. The van der Waals surface area contributed by atoms with Crippen LogP contribution in [0.4, 0.5) is 0 Å². The maximum Gasteiger partial charge on any atom is 0.303 e. The number of carbonyl (C=O) groups excluding carboxylic acids is 1. The molecule has 0 bridgehead atoms. The highest BCUT2D eigenvalue weighted by molar-refractivity contribution is 7.91. The van der Waals surface area contributed by atoms with Crippen molar-refractivity contribution in [3.63, 3.8) is 0 Å². The van der Waals surface area contributed by atoms with Gasteiger partial charge in [0.05, 0.1) is 21.7 Å². The third kappa shape index (κ3) is 8.70. The van der Waals surface area contributed by atoms with Crippen LogP contribution in [0.2, 0.25) is 10.0 Å². The molecular weight excluding hydrogens is 551 g/mol. The fourth-order valence-corrected chi connectivity index (χ4v) is 5.01. The average molecular weight is 582 g/mol. The van der Waals surface area contributed by atoms with Crippen LogP contribution in [0, 0.1) is 0 Å². The summed E-state index contributed by atoms with van der Waals surface area (Å²) in [5.74, 6) is -0.124. The summed E-state index contributed by atoms with van der Waals surface area (Å²) in [7, 11) is -3.35. The molecule has 0 saturated carbocycles. The van der Waals surface area contributed by atoms with Crippen LogP contribution in [-0.4, -0.2) is 62.3 Å². The molecule has 0 unspecified atom stereocenters. The predicted molar refractivity (Wildman–Crippen MR) is 143 cm³/mol. The number of carbonyl (C=O) groups is 1. The molecule has 0 aliphatic rings. The van der Waals surface area contributed by atoms with E-state index in [1.165, 1.54) is 13.8 Å². The molecule has 0 radical (unpaired) electrons.